The fourth-order valence-electron chi connectivity index (χ4n) is 3.77. The van der Waals surface area contributed by atoms with Crippen LogP contribution in [0, 0.1) is 17.6 Å². The minimum atomic E-state index is -3.78. The van der Waals surface area contributed by atoms with Gasteiger partial charge in [-0.1, -0.05) is 0 Å². The third-order valence-corrected chi connectivity index (χ3v) is 6.74. The predicted molar refractivity (Wildman–Crippen MR) is 133 cm³/mol. The summed E-state index contributed by atoms with van der Waals surface area (Å²) >= 11 is 0. The molecule has 3 N–H and O–H groups in total. The van der Waals surface area contributed by atoms with Gasteiger partial charge in [0, 0.05) is 17.9 Å². The second-order valence-electron chi connectivity index (χ2n) is 9.45. The Morgan fingerprint density at radius 3 is 2.55 bits per heavy atom. The quantitative estimate of drug-likeness (QED) is 0.301. The van der Waals surface area contributed by atoms with Crippen molar-refractivity contribution in [3.05, 3.63) is 59.2 Å². The second kappa shape index (κ2) is 11.8. The number of oxazole rings is 1. The van der Waals surface area contributed by atoms with Gasteiger partial charge in [0.05, 0.1) is 36.3 Å². The highest BCUT2D eigenvalue weighted by atomic mass is 32.2. The van der Waals surface area contributed by atoms with E-state index >= 15 is 0 Å². The van der Waals surface area contributed by atoms with E-state index in [4.69, 9.17) is 14.9 Å². The van der Waals surface area contributed by atoms with Gasteiger partial charge in [0.2, 0.25) is 5.89 Å². The van der Waals surface area contributed by atoms with Crippen LogP contribution in [0.25, 0.3) is 11.5 Å². The molecule has 1 aliphatic carbocycles. The molecule has 1 amide bonds. The standard InChI is InChI=1S/C25H26F4N4O6S/c1-12(30)22-21(23(34)32-17(11-40(2,35)36)20-16(27)8-15(26)9-31-20)33-24(39-22)14-5-6-18(38-25(28)29)19(7-14)37-10-13-3-4-13/h5-9,12-13,17,25H,3-4,10-11,30H2,1-2H3,(H,32,34)/t12-,17?/m0/s1. The maximum atomic E-state index is 14.5. The smallest absolute Gasteiger partial charge is 0.387 e. The van der Waals surface area contributed by atoms with Crippen LogP contribution in [0.15, 0.2) is 34.9 Å². The molecular weight excluding hydrogens is 560 g/mol. The molecule has 15 heteroatoms. The van der Waals surface area contributed by atoms with E-state index in [2.05, 4.69) is 20.0 Å². The molecule has 2 aromatic heterocycles. The number of rotatable bonds is 12. The summed E-state index contributed by atoms with van der Waals surface area (Å²) in [5, 5.41) is 2.36. The summed E-state index contributed by atoms with van der Waals surface area (Å²) in [5.41, 5.74) is 5.38. The van der Waals surface area contributed by atoms with Crippen LogP contribution >= 0.6 is 0 Å². The Balaban J connectivity index is 1.67. The highest BCUT2D eigenvalue weighted by Gasteiger charge is 2.30. The van der Waals surface area contributed by atoms with E-state index in [1.807, 2.05) is 0 Å². The van der Waals surface area contributed by atoms with Crippen LogP contribution in [-0.2, 0) is 9.84 Å². The average molecular weight is 587 g/mol. The number of nitrogens with two attached hydrogens (primary N) is 1. The molecule has 3 aromatic rings. The first kappa shape index (κ1) is 29.3. The van der Waals surface area contributed by atoms with Gasteiger partial charge in [0.1, 0.15) is 21.5 Å². The van der Waals surface area contributed by atoms with Crippen molar-refractivity contribution in [2.45, 2.75) is 38.5 Å². The molecule has 4 rings (SSSR count). The zero-order chi connectivity index (χ0) is 29.2. The number of carbonyl (C=O) groups is 1. The second-order valence-corrected chi connectivity index (χ2v) is 11.6. The van der Waals surface area contributed by atoms with Crippen LogP contribution in [0.4, 0.5) is 17.6 Å². The highest BCUT2D eigenvalue weighted by Crippen LogP contribution is 2.37. The topological polar surface area (TPSA) is 147 Å². The Hall–Kier alpha value is -3.72. The number of alkyl halides is 2. The Morgan fingerprint density at radius 2 is 1.95 bits per heavy atom. The lowest BCUT2D eigenvalue weighted by atomic mass is 10.1. The summed E-state index contributed by atoms with van der Waals surface area (Å²) in [6.45, 7) is -1.29. The number of nitrogens with one attached hydrogen (secondary N) is 1. The largest absolute Gasteiger partial charge is 0.489 e. The van der Waals surface area contributed by atoms with Crippen LogP contribution < -0.4 is 20.5 Å². The van der Waals surface area contributed by atoms with Crippen molar-refractivity contribution in [1.29, 1.82) is 0 Å². The van der Waals surface area contributed by atoms with Crippen LogP contribution in [0.5, 0.6) is 11.5 Å². The van der Waals surface area contributed by atoms with Crippen molar-refractivity contribution >= 4 is 15.7 Å². The van der Waals surface area contributed by atoms with Crippen molar-refractivity contribution < 1.29 is 44.7 Å². The number of carbonyl (C=O) groups excluding carboxylic acids is 1. The van der Waals surface area contributed by atoms with Crippen LogP contribution in [0.1, 0.15) is 53.8 Å². The molecule has 10 nitrogen and oxygen atoms in total. The number of pyridine rings is 1. The van der Waals surface area contributed by atoms with Gasteiger partial charge >= 0.3 is 6.61 Å². The summed E-state index contributed by atoms with van der Waals surface area (Å²) < 4.78 is 93.6. The fourth-order valence-corrected chi connectivity index (χ4v) is 4.61. The zero-order valence-electron chi connectivity index (χ0n) is 21.4. The van der Waals surface area contributed by atoms with Gasteiger partial charge in [-0.05, 0) is 43.9 Å². The number of benzene rings is 1. The Bertz CT molecular complexity index is 1490. The molecule has 40 heavy (non-hydrogen) atoms. The maximum absolute atomic E-state index is 14.5. The van der Waals surface area contributed by atoms with Gasteiger partial charge in [0.25, 0.3) is 5.91 Å². The van der Waals surface area contributed by atoms with E-state index in [0.29, 0.717) is 24.8 Å². The molecule has 0 aliphatic heterocycles. The molecule has 1 aliphatic rings. The van der Waals surface area contributed by atoms with Gasteiger partial charge < -0.3 is 24.9 Å². The third-order valence-electron chi connectivity index (χ3n) is 5.80. The van der Waals surface area contributed by atoms with Crippen molar-refractivity contribution in [3.8, 4) is 23.0 Å². The third kappa shape index (κ3) is 7.47. The molecule has 1 aromatic carbocycles. The van der Waals surface area contributed by atoms with Crippen molar-refractivity contribution in [2.24, 2.45) is 11.7 Å². The predicted octanol–water partition coefficient (Wildman–Crippen LogP) is 3.94. The Morgan fingerprint density at radius 1 is 1.23 bits per heavy atom. The van der Waals surface area contributed by atoms with Crippen LogP contribution in [0.3, 0.4) is 0 Å². The van der Waals surface area contributed by atoms with E-state index in [9.17, 15) is 30.8 Å². The van der Waals surface area contributed by atoms with E-state index in [-0.39, 0.29) is 34.4 Å². The average Bonchev–Trinajstić information content (AvgIpc) is 3.56. The zero-order valence-corrected chi connectivity index (χ0v) is 22.2. The van der Waals surface area contributed by atoms with Gasteiger partial charge in [-0.3, -0.25) is 9.78 Å². The van der Waals surface area contributed by atoms with E-state index in [1.54, 1.807) is 0 Å². The summed E-state index contributed by atoms with van der Waals surface area (Å²) in [5.74, 6) is -3.96. The molecular formula is C25H26F4N4O6S. The monoisotopic (exact) mass is 586 g/mol. The molecule has 1 fully saturated rings. The fraction of sp³-hybridized carbons (Fsp3) is 0.400. The molecule has 0 radical (unpaired) electrons. The Kier molecular flexibility index (Phi) is 8.63. The van der Waals surface area contributed by atoms with Gasteiger partial charge in [0.15, 0.2) is 23.0 Å². The van der Waals surface area contributed by atoms with E-state index < -0.39 is 57.5 Å². The van der Waals surface area contributed by atoms with Crippen molar-refractivity contribution in [3.63, 3.8) is 0 Å². The molecule has 2 atom stereocenters. The minimum Gasteiger partial charge on any atom is -0.489 e. The van der Waals surface area contributed by atoms with E-state index in [0.717, 1.165) is 19.1 Å². The summed E-state index contributed by atoms with van der Waals surface area (Å²) in [4.78, 5) is 21.1. The molecule has 1 saturated carbocycles. The number of hydrogen-bond acceptors (Lipinski definition) is 9. The first-order valence-corrected chi connectivity index (χ1v) is 14.1. The number of amides is 1. The summed E-state index contributed by atoms with van der Waals surface area (Å²) in [7, 11) is -3.78. The molecule has 216 valence electrons. The van der Waals surface area contributed by atoms with Crippen LogP contribution in [-0.4, -0.2) is 49.5 Å². The number of hydrogen-bond donors (Lipinski definition) is 2. The Labute approximate surface area is 226 Å². The summed E-state index contributed by atoms with van der Waals surface area (Å²) in [6, 6.07) is 2.10. The molecule has 2 heterocycles. The lowest BCUT2D eigenvalue weighted by molar-refractivity contribution is -0.0515. The lowest BCUT2D eigenvalue weighted by Crippen LogP contribution is -2.35. The SMILES string of the molecule is C[C@H](N)c1oc(-c2ccc(OC(F)F)c(OCC3CC3)c2)nc1C(=O)NC(CS(C)(=O)=O)c1ncc(F)cc1F. The highest BCUT2D eigenvalue weighted by molar-refractivity contribution is 7.90. The summed E-state index contributed by atoms with van der Waals surface area (Å²) in [6.07, 6.45) is 3.47. The molecule has 1 unspecified atom stereocenters. The maximum Gasteiger partial charge on any atom is 0.387 e. The van der Waals surface area contributed by atoms with E-state index in [1.165, 1.54) is 25.1 Å². The van der Waals surface area contributed by atoms with Gasteiger partial charge in [-0.2, -0.15) is 8.78 Å². The first-order valence-electron chi connectivity index (χ1n) is 12.1. The number of nitrogens with zero attached hydrogens (tertiary/aromatic N) is 2. The number of sulfone groups is 1. The van der Waals surface area contributed by atoms with Crippen molar-refractivity contribution in [2.75, 3.05) is 18.6 Å². The van der Waals surface area contributed by atoms with Crippen LogP contribution in [0.2, 0.25) is 0 Å². The molecule has 0 saturated heterocycles. The molecule has 0 spiro atoms. The molecule has 0 bridgehead atoms. The van der Waals surface area contributed by atoms with Gasteiger partial charge in [-0.25, -0.2) is 22.2 Å². The lowest BCUT2D eigenvalue weighted by Gasteiger charge is -2.18. The minimum absolute atomic E-state index is 0.0160. The normalized spacial score (nSPS) is 15.1. The number of halogens is 4. The van der Waals surface area contributed by atoms with Gasteiger partial charge in [-0.15, -0.1) is 0 Å². The van der Waals surface area contributed by atoms with Crippen molar-refractivity contribution in [1.82, 2.24) is 15.3 Å². The first-order chi connectivity index (χ1) is 18.8. The number of aromatic nitrogens is 2. The number of ether oxygens (including phenoxy) is 2.